The van der Waals surface area contributed by atoms with Crippen LogP contribution in [0.15, 0.2) is 30.3 Å². The Balaban J connectivity index is 1.93. The summed E-state index contributed by atoms with van der Waals surface area (Å²) in [6.07, 6.45) is -0.0901. The third kappa shape index (κ3) is 4.21. The largest absolute Gasteiger partial charge is 0.469 e. The molecule has 0 N–H and O–H groups in total. The van der Waals surface area contributed by atoms with Crippen LogP contribution in [0.4, 0.5) is 4.79 Å². The van der Waals surface area contributed by atoms with E-state index in [2.05, 4.69) is 0 Å². The first-order valence-corrected chi connectivity index (χ1v) is 7.20. The Hall–Kier alpha value is -2.08. The van der Waals surface area contributed by atoms with Crippen molar-refractivity contribution in [2.24, 2.45) is 5.92 Å². The molecule has 0 bridgehead atoms. The molecule has 1 heterocycles. The van der Waals surface area contributed by atoms with Crippen LogP contribution in [-0.4, -0.2) is 50.4 Å². The van der Waals surface area contributed by atoms with E-state index in [0.717, 1.165) is 5.56 Å². The van der Waals surface area contributed by atoms with E-state index in [9.17, 15) is 9.59 Å². The van der Waals surface area contributed by atoms with Gasteiger partial charge in [-0.3, -0.25) is 4.79 Å². The van der Waals surface area contributed by atoms with Gasteiger partial charge in [-0.15, -0.1) is 0 Å². The summed E-state index contributed by atoms with van der Waals surface area (Å²) in [7, 11) is 2.91. The molecule has 22 heavy (non-hydrogen) atoms. The SMILES string of the molecule is COC(=O)C1CC(OC)CN(C(=O)OCc2ccccc2)C1. The summed E-state index contributed by atoms with van der Waals surface area (Å²) < 4.78 is 15.4. The highest BCUT2D eigenvalue weighted by Crippen LogP contribution is 2.21. The van der Waals surface area contributed by atoms with Gasteiger partial charge >= 0.3 is 12.1 Å². The molecule has 0 radical (unpaired) electrons. The normalized spacial score (nSPS) is 21.3. The number of nitrogens with zero attached hydrogens (tertiary/aromatic N) is 1. The van der Waals surface area contributed by atoms with Crippen LogP contribution >= 0.6 is 0 Å². The summed E-state index contributed by atoms with van der Waals surface area (Å²) in [5.41, 5.74) is 0.917. The number of benzene rings is 1. The molecular formula is C16H21NO5. The molecule has 2 rings (SSSR count). The summed E-state index contributed by atoms with van der Waals surface area (Å²) in [6.45, 7) is 0.911. The van der Waals surface area contributed by atoms with E-state index in [1.807, 2.05) is 30.3 Å². The van der Waals surface area contributed by atoms with Crippen molar-refractivity contribution < 1.29 is 23.8 Å². The average molecular weight is 307 g/mol. The number of piperidine rings is 1. The highest BCUT2D eigenvalue weighted by atomic mass is 16.6. The van der Waals surface area contributed by atoms with Crippen molar-refractivity contribution in [3.05, 3.63) is 35.9 Å². The summed E-state index contributed by atoms with van der Waals surface area (Å²) in [4.78, 5) is 25.4. The number of likely N-dealkylation sites (tertiary alicyclic amines) is 1. The van der Waals surface area contributed by atoms with Gasteiger partial charge in [-0.2, -0.15) is 0 Å². The van der Waals surface area contributed by atoms with Crippen molar-refractivity contribution in [3.8, 4) is 0 Å². The maximum atomic E-state index is 12.2. The molecule has 1 fully saturated rings. The van der Waals surface area contributed by atoms with E-state index >= 15 is 0 Å². The highest BCUT2D eigenvalue weighted by molar-refractivity contribution is 5.75. The Morgan fingerprint density at radius 3 is 2.55 bits per heavy atom. The van der Waals surface area contributed by atoms with Crippen LogP contribution in [0, 0.1) is 5.92 Å². The predicted octanol–water partition coefficient (Wildman–Crippen LogP) is 1.83. The minimum absolute atomic E-state index is 0.192. The second-order valence-electron chi connectivity index (χ2n) is 5.26. The number of carbonyl (C=O) groups excluding carboxylic acids is 2. The number of hydrogen-bond acceptors (Lipinski definition) is 5. The summed E-state index contributed by atoms with van der Waals surface area (Å²) in [5, 5.41) is 0. The predicted molar refractivity (Wildman–Crippen MR) is 79.1 cm³/mol. The number of esters is 1. The van der Waals surface area contributed by atoms with E-state index in [0.29, 0.717) is 19.5 Å². The fourth-order valence-electron chi connectivity index (χ4n) is 2.52. The first-order chi connectivity index (χ1) is 10.6. The monoisotopic (exact) mass is 307 g/mol. The third-order valence-electron chi connectivity index (χ3n) is 3.74. The molecule has 1 saturated heterocycles. The van der Waals surface area contributed by atoms with E-state index in [4.69, 9.17) is 14.2 Å². The second kappa shape index (κ2) is 7.79. The molecule has 6 heteroatoms. The molecule has 0 saturated carbocycles. The van der Waals surface area contributed by atoms with Crippen molar-refractivity contribution in [2.75, 3.05) is 27.3 Å². The number of methoxy groups -OCH3 is 2. The highest BCUT2D eigenvalue weighted by Gasteiger charge is 2.35. The molecule has 1 aliphatic rings. The number of rotatable bonds is 4. The number of carbonyl (C=O) groups is 2. The molecule has 0 spiro atoms. The van der Waals surface area contributed by atoms with Crippen molar-refractivity contribution in [3.63, 3.8) is 0 Å². The zero-order chi connectivity index (χ0) is 15.9. The molecule has 1 aliphatic heterocycles. The molecule has 1 amide bonds. The molecule has 2 atom stereocenters. The minimum atomic E-state index is -0.445. The number of amides is 1. The van der Waals surface area contributed by atoms with Gasteiger partial charge in [0.2, 0.25) is 0 Å². The zero-order valence-electron chi connectivity index (χ0n) is 12.9. The first kappa shape index (κ1) is 16.3. The summed E-state index contributed by atoms with van der Waals surface area (Å²) >= 11 is 0. The van der Waals surface area contributed by atoms with Crippen LogP contribution in [-0.2, 0) is 25.6 Å². The minimum Gasteiger partial charge on any atom is -0.469 e. The lowest BCUT2D eigenvalue weighted by Crippen LogP contribution is -2.49. The molecule has 120 valence electrons. The van der Waals surface area contributed by atoms with Crippen LogP contribution in [0.25, 0.3) is 0 Å². The van der Waals surface area contributed by atoms with Gasteiger partial charge in [0.15, 0.2) is 0 Å². The quantitative estimate of drug-likeness (QED) is 0.794. The van der Waals surface area contributed by atoms with E-state index in [-0.39, 0.29) is 24.6 Å². The molecular weight excluding hydrogens is 286 g/mol. The Labute approximate surface area is 129 Å². The first-order valence-electron chi connectivity index (χ1n) is 7.20. The van der Waals surface area contributed by atoms with Gasteiger partial charge in [0.25, 0.3) is 0 Å². The topological polar surface area (TPSA) is 65.1 Å². The van der Waals surface area contributed by atoms with Gasteiger partial charge in [0, 0.05) is 13.7 Å². The molecule has 6 nitrogen and oxygen atoms in total. The zero-order valence-corrected chi connectivity index (χ0v) is 12.9. The second-order valence-corrected chi connectivity index (χ2v) is 5.26. The third-order valence-corrected chi connectivity index (χ3v) is 3.74. The van der Waals surface area contributed by atoms with Crippen molar-refractivity contribution >= 4 is 12.1 Å². The molecule has 0 aliphatic carbocycles. The molecule has 2 unspecified atom stereocenters. The lowest BCUT2D eigenvalue weighted by molar-refractivity contribution is -0.149. The molecule has 0 aromatic heterocycles. The molecule has 1 aromatic rings. The van der Waals surface area contributed by atoms with Crippen LogP contribution < -0.4 is 0 Å². The number of hydrogen-bond donors (Lipinski definition) is 0. The Bertz CT molecular complexity index is 505. The van der Waals surface area contributed by atoms with Crippen molar-refractivity contribution in [1.29, 1.82) is 0 Å². The fraction of sp³-hybridized carbons (Fsp3) is 0.500. The van der Waals surface area contributed by atoms with E-state index in [1.165, 1.54) is 12.0 Å². The van der Waals surface area contributed by atoms with E-state index < -0.39 is 6.09 Å². The van der Waals surface area contributed by atoms with Gasteiger partial charge in [0.1, 0.15) is 6.61 Å². The maximum absolute atomic E-state index is 12.2. The van der Waals surface area contributed by atoms with Crippen LogP contribution in [0.3, 0.4) is 0 Å². The van der Waals surface area contributed by atoms with Crippen molar-refractivity contribution in [1.82, 2.24) is 4.90 Å². The standard InChI is InChI=1S/C16H21NO5/c1-20-14-8-13(15(18)21-2)9-17(10-14)16(19)22-11-12-6-4-3-5-7-12/h3-7,13-14H,8-11H2,1-2H3. The lowest BCUT2D eigenvalue weighted by atomic mass is 9.96. The molecule has 1 aromatic carbocycles. The van der Waals surface area contributed by atoms with Gasteiger partial charge in [-0.05, 0) is 12.0 Å². The van der Waals surface area contributed by atoms with Crippen LogP contribution in [0.5, 0.6) is 0 Å². The lowest BCUT2D eigenvalue weighted by Gasteiger charge is -2.35. The van der Waals surface area contributed by atoms with Crippen molar-refractivity contribution in [2.45, 2.75) is 19.1 Å². The van der Waals surface area contributed by atoms with Gasteiger partial charge in [-0.25, -0.2) is 4.79 Å². The summed E-state index contributed by atoms with van der Waals surface area (Å²) in [6, 6.07) is 9.45. The van der Waals surface area contributed by atoms with Crippen LogP contribution in [0.2, 0.25) is 0 Å². The smallest absolute Gasteiger partial charge is 0.410 e. The van der Waals surface area contributed by atoms with Gasteiger partial charge in [0.05, 0.1) is 25.7 Å². The van der Waals surface area contributed by atoms with Crippen LogP contribution in [0.1, 0.15) is 12.0 Å². The number of ether oxygens (including phenoxy) is 3. The van der Waals surface area contributed by atoms with E-state index in [1.54, 1.807) is 7.11 Å². The average Bonchev–Trinajstić information content (AvgIpc) is 2.59. The fourth-order valence-corrected chi connectivity index (χ4v) is 2.52. The maximum Gasteiger partial charge on any atom is 0.410 e. The Kier molecular flexibility index (Phi) is 5.77. The summed E-state index contributed by atoms with van der Waals surface area (Å²) in [5.74, 6) is -0.712. The van der Waals surface area contributed by atoms with Gasteiger partial charge in [-0.1, -0.05) is 30.3 Å². The van der Waals surface area contributed by atoms with Gasteiger partial charge < -0.3 is 19.1 Å². The Morgan fingerprint density at radius 2 is 1.91 bits per heavy atom. The Morgan fingerprint density at radius 1 is 1.18 bits per heavy atom.